The Kier molecular flexibility index (Phi) is 2.59. The smallest absolute Gasteiger partial charge is 0.185 e. The number of fused-ring (bicyclic) bond motifs is 5. The van der Waals surface area contributed by atoms with Gasteiger partial charge in [0.1, 0.15) is 0 Å². The van der Waals surface area contributed by atoms with Crippen LogP contribution in [0.2, 0.25) is 0 Å². The molecule has 0 spiro atoms. The van der Waals surface area contributed by atoms with Crippen molar-refractivity contribution >= 4 is 16.4 Å². The largest absolute Gasteiger partial charge is 0.392 e. The zero-order chi connectivity index (χ0) is 16.7. The van der Waals surface area contributed by atoms with Crippen molar-refractivity contribution in [2.75, 3.05) is 0 Å². The summed E-state index contributed by atoms with van der Waals surface area (Å²) in [7, 11) is 0. The van der Waals surface area contributed by atoms with Gasteiger partial charge < -0.3 is 5.11 Å². The fourth-order valence-corrected chi connectivity index (χ4v) is 5.37. The highest BCUT2D eigenvalue weighted by atomic mass is 16.3. The summed E-state index contributed by atoms with van der Waals surface area (Å²) in [6.45, 7) is 6.81. The van der Waals surface area contributed by atoms with Crippen LogP contribution in [0.1, 0.15) is 45.4 Å². The molecule has 5 rings (SSSR count). The van der Waals surface area contributed by atoms with E-state index in [1.165, 1.54) is 0 Å². The summed E-state index contributed by atoms with van der Waals surface area (Å²) in [4.78, 5) is 0. The number of aliphatic hydroxyl groups is 1. The van der Waals surface area contributed by atoms with E-state index in [1.807, 2.05) is 35.0 Å². The zero-order valence-electron chi connectivity index (χ0n) is 14.3. The van der Waals surface area contributed by atoms with Crippen molar-refractivity contribution < 1.29 is 5.11 Å². The first-order valence-electron chi connectivity index (χ1n) is 8.72. The van der Waals surface area contributed by atoms with Crippen LogP contribution >= 0.6 is 0 Å². The molecular weight excluding hydrogens is 300 g/mol. The lowest BCUT2D eigenvalue weighted by molar-refractivity contribution is 0.00326. The fraction of sp³-hybridized carbons (Fsp3) is 0.526. The third kappa shape index (κ3) is 1.47. The third-order valence-corrected chi connectivity index (χ3v) is 7.28. The van der Waals surface area contributed by atoms with Crippen LogP contribution in [0.25, 0.3) is 16.4 Å². The number of aliphatic hydroxyl groups excluding tert-OH is 1. The Balaban J connectivity index is 1.72. The van der Waals surface area contributed by atoms with Crippen molar-refractivity contribution in [3.8, 4) is 0 Å². The minimum Gasteiger partial charge on any atom is -0.392 e. The molecule has 0 amide bonds. The molecule has 5 nitrogen and oxygen atoms in total. The van der Waals surface area contributed by atoms with E-state index in [0.717, 1.165) is 35.1 Å². The number of hydrogen-bond acceptors (Lipinski definition) is 4. The van der Waals surface area contributed by atoms with Gasteiger partial charge in [0.25, 0.3) is 0 Å². The Morgan fingerprint density at radius 1 is 1.17 bits per heavy atom. The van der Waals surface area contributed by atoms with E-state index in [1.54, 1.807) is 0 Å². The first-order chi connectivity index (χ1) is 11.4. The summed E-state index contributed by atoms with van der Waals surface area (Å²) >= 11 is 0. The molecule has 4 atom stereocenters. The second-order valence-corrected chi connectivity index (χ2v) is 8.28. The molecule has 2 bridgehead atoms. The number of nitrogens with zero attached hydrogens (tertiary/aromatic N) is 4. The van der Waals surface area contributed by atoms with Crippen LogP contribution in [0, 0.1) is 16.7 Å². The van der Waals surface area contributed by atoms with Gasteiger partial charge in [0.05, 0.1) is 18.2 Å². The SMILES string of the molecule is CC1(C)C2CCC1(C)[C@H](O)[C@H]2c1nnc2c3ccccc3cnn12. The standard InChI is InChI=1S/C19H22N4O/c1-18(2)13-8-9-19(18,3)15(24)14(13)17-22-21-16-12-7-5-4-6-11(12)10-20-23(16)17/h4-7,10,13-15,24H,8-9H2,1-3H3/t13?,14-,15+,19?/m0/s1. The number of benzene rings is 1. The summed E-state index contributed by atoms with van der Waals surface area (Å²) < 4.78 is 1.84. The molecule has 24 heavy (non-hydrogen) atoms. The van der Waals surface area contributed by atoms with E-state index in [9.17, 15) is 5.11 Å². The minimum atomic E-state index is -0.396. The number of aromatic nitrogens is 4. The summed E-state index contributed by atoms with van der Waals surface area (Å²) in [5.74, 6) is 1.23. The Labute approximate surface area is 140 Å². The lowest BCUT2D eigenvalue weighted by atomic mass is 9.70. The van der Waals surface area contributed by atoms with Gasteiger partial charge in [-0.2, -0.15) is 9.61 Å². The molecule has 2 fully saturated rings. The summed E-state index contributed by atoms with van der Waals surface area (Å²) in [5.41, 5.74) is 0.811. The van der Waals surface area contributed by atoms with Gasteiger partial charge in [-0.3, -0.25) is 0 Å². The monoisotopic (exact) mass is 322 g/mol. The molecule has 5 heteroatoms. The van der Waals surface area contributed by atoms with E-state index >= 15 is 0 Å². The Bertz CT molecular complexity index is 962. The van der Waals surface area contributed by atoms with Crippen molar-refractivity contribution in [2.24, 2.45) is 16.7 Å². The highest BCUT2D eigenvalue weighted by molar-refractivity contribution is 5.92. The van der Waals surface area contributed by atoms with Gasteiger partial charge in [-0.1, -0.05) is 45.0 Å². The lowest BCUT2D eigenvalue weighted by Crippen LogP contribution is -2.37. The minimum absolute atomic E-state index is 0.00223. The third-order valence-electron chi connectivity index (χ3n) is 7.28. The Hall–Kier alpha value is -2.01. The molecule has 1 aromatic carbocycles. The van der Waals surface area contributed by atoms with Crippen LogP contribution in [0.4, 0.5) is 0 Å². The average molecular weight is 322 g/mol. The molecule has 2 aromatic heterocycles. The maximum absolute atomic E-state index is 11.1. The first kappa shape index (κ1) is 14.3. The van der Waals surface area contributed by atoms with Gasteiger partial charge in [0.2, 0.25) is 0 Å². The molecule has 1 N–H and O–H groups in total. The molecule has 2 aliphatic carbocycles. The van der Waals surface area contributed by atoms with Gasteiger partial charge >= 0.3 is 0 Å². The number of rotatable bonds is 1. The quantitative estimate of drug-likeness (QED) is 0.747. The van der Waals surface area contributed by atoms with Crippen molar-refractivity contribution in [3.63, 3.8) is 0 Å². The molecule has 2 unspecified atom stereocenters. The van der Waals surface area contributed by atoms with Crippen molar-refractivity contribution in [1.29, 1.82) is 0 Å². The molecule has 0 radical (unpaired) electrons. The Morgan fingerprint density at radius 3 is 2.71 bits per heavy atom. The maximum Gasteiger partial charge on any atom is 0.185 e. The second-order valence-electron chi connectivity index (χ2n) is 8.28. The van der Waals surface area contributed by atoms with Gasteiger partial charge in [-0.15, -0.1) is 10.2 Å². The van der Waals surface area contributed by atoms with Crippen LogP contribution in [-0.2, 0) is 0 Å². The van der Waals surface area contributed by atoms with E-state index < -0.39 is 6.10 Å². The fourth-order valence-electron chi connectivity index (χ4n) is 5.37. The maximum atomic E-state index is 11.1. The predicted octanol–water partition coefficient (Wildman–Crippen LogP) is 3.18. The van der Waals surface area contributed by atoms with Crippen molar-refractivity contribution in [2.45, 2.75) is 45.6 Å². The highest BCUT2D eigenvalue weighted by Gasteiger charge is 2.67. The highest BCUT2D eigenvalue weighted by Crippen LogP contribution is 2.69. The van der Waals surface area contributed by atoms with E-state index in [-0.39, 0.29) is 16.7 Å². The van der Waals surface area contributed by atoms with Crippen LogP contribution in [0.5, 0.6) is 0 Å². The lowest BCUT2D eigenvalue weighted by Gasteiger charge is -2.37. The molecule has 3 aromatic rings. The van der Waals surface area contributed by atoms with Gasteiger partial charge in [-0.05, 0) is 29.6 Å². The molecule has 2 saturated carbocycles. The first-order valence-corrected chi connectivity index (χ1v) is 8.72. The summed E-state index contributed by atoms with van der Waals surface area (Å²) in [5, 5.41) is 26.7. The van der Waals surface area contributed by atoms with Crippen LogP contribution in [0.15, 0.2) is 30.5 Å². The van der Waals surface area contributed by atoms with Crippen LogP contribution < -0.4 is 0 Å². The Morgan fingerprint density at radius 2 is 1.96 bits per heavy atom. The zero-order valence-corrected chi connectivity index (χ0v) is 14.3. The number of hydrogen-bond donors (Lipinski definition) is 1. The second kappa shape index (κ2) is 4.33. The van der Waals surface area contributed by atoms with Crippen molar-refractivity contribution in [3.05, 3.63) is 36.3 Å². The van der Waals surface area contributed by atoms with Gasteiger partial charge in [0.15, 0.2) is 11.5 Å². The molecule has 2 heterocycles. The molecule has 124 valence electrons. The molecular formula is C19H22N4O. The average Bonchev–Trinajstić information content (AvgIpc) is 3.14. The predicted molar refractivity (Wildman–Crippen MR) is 91.6 cm³/mol. The topological polar surface area (TPSA) is 63.3 Å². The molecule has 2 aliphatic rings. The van der Waals surface area contributed by atoms with Gasteiger partial charge in [-0.25, -0.2) is 0 Å². The van der Waals surface area contributed by atoms with Crippen molar-refractivity contribution in [1.82, 2.24) is 19.8 Å². The molecule has 0 saturated heterocycles. The summed E-state index contributed by atoms with van der Waals surface area (Å²) in [6.07, 6.45) is 3.68. The van der Waals surface area contributed by atoms with Gasteiger partial charge in [0, 0.05) is 10.8 Å². The van der Waals surface area contributed by atoms with E-state index in [2.05, 4.69) is 36.1 Å². The normalized spacial score (nSPS) is 34.4. The van der Waals surface area contributed by atoms with Crippen LogP contribution in [0.3, 0.4) is 0 Å². The van der Waals surface area contributed by atoms with E-state index in [0.29, 0.717) is 5.92 Å². The van der Waals surface area contributed by atoms with Crippen LogP contribution in [-0.4, -0.2) is 31.0 Å². The van der Waals surface area contributed by atoms with E-state index in [4.69, 9.17) is 0 Å². The summed E-state index contributed by atoms with van der Waals surface area (Å²) in [6, 6.07) is 8.09. The molecule has 0 aliphatic heterocycles.